The highest BCUT2D eigenvalue weighted by Gasteiger charge is 2.17. The zero-order valence-corrected chi connectivity index (χ0v) is 10.4. The van der Waals surface area contributed by atoms with Crippen molar-refractivity contribution in [1.29, 1.82) is 0 Å². The van der Waals surface area contributed by atoms with Gasteiger partial charge < -0.3 is 4.90 Å². The van der Waals surface area contributed by atoms with E-state index in [4.69, 9.17) is 0 Å². The molecule has 1 aliphatic heterocycles. The normalized spacial score (nSPS) is 17.5. The van der Waals surface area contributed by atoms with Crippen molar-refractivity contribution in [2.75, 3.05) is 13.1 Å². The first-order valence-corrected chi connectivity index (χ1v) is 6.17. The summed E-state index contributed by atoms with van der Waals surface area (Å²) in [6.45, 7) is 11.0. The van der Waals surface area contributed by atoms with Crippen molar-refractivity contribution in [2.45, 2.75) is 26.7 Å². The summed E-state index contributed by atoms with van der Waals surface area (Å²) in [5.41, 5.74) is 3.76. The summed E-state index contributed by atoms with van der Waals surface area (Å²) in [6, 6.07) is 8.67. The van der Waals surface area contributed by atoms with Crippen molar-refractivity contribution in [2.24, 2.45) is 5.92 Å². The molecule has 0 aromatic heterocycles. The van der Waals surface area contributed by atoms with E-state index in [9.17, 15) is 0 Å². The second-order valence-electron chi connectivity index (χ2n) is 4.98. The Morgan fingerprint density at radius 1 is 1.19 bits per heavy atom. The molecular weight excluding hydrogens is 194 g/mol. The van der Waals surface area contributed by atoms with Gasteiger partial charge >= 0.3 is 0 Å². The van der Waals surface area contributed by atoms with E-state index in [1.54, 1.807) is 0 Å². The Kier molecular flexibility index (Phi) is 3.33. The maximum absolute atomic E-state index is 4.23. The van der Waals surface area contributed by atoms with Gasteiger partial charge in [-0.3, -0.25) is 0 Å². The van der Waals surface area contributed by atoms with Crippen molar-refractivity contribution < 1.29 is 0 Å². The van der Waals surface area contributed by atoms with Gasteiger partial charge in [0.05, 0.1) is 0 Å². The van der Waals surface area contributed by atoms with E-state index in [-0.39, 0.29) is 0 Å². The van der Waals surface area contributed by atoms with Gasteiger partial charge in [-0.05, 0) is 31.2 Å². The first-order valence-electron chi connectivity index (χ1n) is 6.17. The van der Waals surface area contributed by atoms with Crippen LogP contribution in [0.25, 0.3) is 5.70 Å². The number of piperidine rings is 1. The third-order valence-corrected chi connectivity index (χ3v) is 3.55. The first-order chi connectivity index (χ1) is 7.66. The van der Waals surface area contributed by atoms with Crippen molar-refractivity contribution in [1.82, 2.24) is 4.90 Å². The van der Waals surface area contributed by atoms with E-state index in [2.05, 4.69) is 49.6 Å². The van der Waals surface area contributed by atoms with E-state index < -0.39 is 0 Å². The predicted octanol–water partition coefficient (Wildman–Crippen LogP) is 3.70. The molecule has 1 aromatic carbocycles. The molecule has 0 amide bonds. The molecule has 0 unspecified atom stereocenters. The number of nitrogens with zero attached hydrogens (tertiary/aromatic N) is 1. The molecule has 16 heavy (non-hydrogen) atoms. The Labute approximate surface area is 98.8 Å². The third-order valence-electron chi connectivity index (χ3n) is 3.55. The summed E-state index contributed by atoms with van der Waals surface area (Å²) in [7, 11) is 0. The van der Waals surface area contributed by atoms with Gasteiger partial charge in [0.15, 0.2) is 0 Å². The Hall–Kier alpha value is -1.24. The molecule has 86 valence electrons. The molecule has 1 heterocycles. The molecule has 0 radical (unpaired) electrons. The monoisotopic (exact) mass is 215 g/mol. The van der Waals surface area contributed by atoms with Crippen molar-refractivity contribution in [3.8, 4) is 0 Å². The second kappa shape index (κ2) is 4.73. The molecule has 0 spiro atoms. The summed E-state index contributed by atoms with van der Waals surface area (Å²) in [5.74, 6) is 0.877. The van der Waals surface area contributed by atoms with Gasteiger partial charge in [-0.1, -0.05) is 43.3 Å². The second-order valence-corrected chi connectivity index (χ2v) is 4.98. The molecule has 0 aliphatic carbocycles. The van der Waals surface area contributed by atoms with Crippen LogP contribution in [0, 0.1) is 12.8 Å². The van der Waals surface area contributed by atoms with E-state index in [0.717, 1.165) is 19.0 Å². The maximum Gasteiger partial charge on any atom is 0.0366 e. The zero-order valence-electron chi connectivity index (χ0n) is 10.4. The Bertz CT molecular complexity index is 356. The Morgan fingerprint density at radius 3 is 2.31 bits per heavy atom. The van der Waals surface area contributed by atoms with Crippen LogP contribution in [0.1, 0.15) is 30.9 Å². The molecule has 1 aromatic rings. The van der Waals surface area contributed by atoms with Gasteiger partial charge in [0, 0.05) is 18.8 Å². The van der Waals surface area contributed by atoms with Crippen LogP contribution in [0.15, 0.2) is 30.8 Å². The van der Waals surface area contributed by atoms with E-state index in [1.807, 2.05) is 0 Å². The minimum Gasteiger partial charge on any atom is -0.372 e. The molecule has 1 nitrogen and oxygen atoms in total. The van der Waals surface area contributed by atoms with Crippen molar-refractivity contribution in [3.63, 3.8) is 0 Å². The van der Waals surface area contributed by atoms with Crippen LogP contribution < -0.4 is 0 Å². The minimum absolute atomic E-state index is 0.877. The molecule has 0 N–H and O–H groups in total. The number of aryl methyl sites for hydroxylation is 1. The van der Waals surface area contributed by atoms with Gasteiger partial charge in [0.2, 0.25) is 0 Å². The Balaban J connectivity index is 2.05. The van der Waals surface area contributed by atoms with Gasteiger partial charge in [0.25, 0.3) is 0 Å². The van der Waals surface area contributed by atoms with Crippen molar-refractivity contribution in [3.05, 3.63) is 42.0 Å². The van der Waals surface area contributed by atoms with Crippen LogP contribution in [0.2, 0.25) is 0 Å². The molecule has 1 fully saturated rings. The number of hydrogen-bond acceptors (Lipinski definition) is 1. The van der Waals surface area contributed by atoms with E-state index in [1.165, 1.54) is 29.7 Å². The SMILES string of the molecule is C=C(c1ccc(C)cc1)N1CCC(C)CC1. The van der Waals surface area contributed by atoms with E-state index >= 15 is 0 Å². The summed E-state index contributed by atoms with van der Waals surface area (Å²) in [5, 5.41) is 0. The number of rotatable bonds is 2. The van der Waals surface area contributed by atoms with Crippen LogP contribution >= 0.6 is 0 Å². The number of likely N-dealkylation sites (tertiary alicyclic amines) is 1. The molecule has 1 aliphatic rings. The average molecular weight is 215 g/mol. The molecule has 1 saturated heterocycles. The average Bonchev–Trinajstić information content (AvgIpc) is 2.30. The van der Waals surface area contributed by atoms with Crippen LogP contribution in [0.3, 0.4) is 0 Å². The summed E-state index contributed by atoms with van der Waals surface area (Å²) in [4.78, 5) is 2.42. The molecular formula is C15H21N. The third kappa shape index (κ3) is 2.46. The fourth-order valence-corrected chi connectivity index (χ4v) is 2.21. The minimum atomic E-state index is 0.877. The highest BCUT2D eigenvalue weighted by Crippen LogP contribution is 2.24. The summed E-state index contributed by atoms with van der Waals surface area (Å²) >= 11 is 0. The number of benzene rings is 1. The quantitative estimate of drug-likeness (QED) is 0.727. The lowest BCUT2D eigenvalue weighted by Crippen LogP contribution is -2.31. The van der Waals surface area contributed by atoms with Crippen molar-refractivity contribution >= 4 is 5.70 Å². The summed E-state index contributed by atoms with van der Waals surface area (Å²) in [6.07, 6.45) is 2.59. The van der Waals surface area contributed by atoms with Gasteiger partial charge in [0.1, 0.15) is 0 Å². The van der Waals surface area contributed by atoms with Crippen LogP contribution in [-0.2, 0) is 0 Å². The standard InChI is InChI=1S/C15H21N/c1-12-4-6-15(7-5-12)14(3)16-10-8-13(2)9-11-16/h4-7,13H,3,8-11H2,1-2H3. The summed E-state index contributed by atoms with van der Waals surface area (Å²) < 4.78 is 0. The predicted molar refractivity (Wildman–Crippen MR) is 70.2 cm³/mol. The molecule has 0 atom stereocenters. The van der Waals surface area contributed by atoms with Gasteiger partial charge in [-0.2, -0.15) is 0 Å². The smallest absolute Gasteiger partial charge is 0.0366 e. The molecule has 1 heteroatoms. The molecule has 0 bridgehead atoms. The fraction of sp³-hybridized carbons (Fsp3) is 0.467. The van der Waals surface area contributed by atoms with Crippen LogP contribution in [0.5, 0.6) is 0 Å². The Morgan fingerprint density at radius 2 is 1.75 bits per heavy atom. The topological polar surface area (TPSA) is 3.24 Å². The van der Waals surface area contributed by atoms with Gasteiger partial charge in [-0.15, -0.1) is 0 Å². The van der Waals surface area contributed by atoms with Crippen LogP contribution in [0.4, 0.5) is 0 Å². The first kappa shape index (κ1) is 11.3. The number of hydrogen-bond donors (Lipinski definition) is 0. The molecule has 2 rings (SSSR count). The van der Waals surface area contributed by atoms with E-state index in [0.29, 0.717) is 0 Å². The largest absolute Gasteiger partial charge is 0.372 e. The highest BCUT2D eigenvalue weighted by atomic mass is 15.1. The highest BCUT2D eigenvalue weighted by molar-refractivity contribution is 5.62. The zero-order chi connectivity index (χ0) is 11.5. The van der Waals surface area contributed by atoms with Crippen LogP contribution in [-0.4, -0.2) is 18.0 Å². The lowest BCUT2D eigenvalue weighted by Gasteiger charge is -2.33. The fourth-order valence-electron chi connectivity index (χ4n) is 2.21. The lowest BCUT2D eigenvalue weighted by atomic mass is 9.98. The molecule has 0 saturated carbocycles. The van der Waals surface area contributed by atoms with Gasteiger partial charge in [-0.25, -0.2) is 0 Å². The maximum atomic E-state index is 4.23. The lowest BCUT2D eigenvalue weighted by molar-refractivity contribution is 0.268.